The average molecular weight is 319 g/mol. The van der Waals surface area contributed by atoms with Crippen molar-refractivity contribution in [3.8, 4) is 0 Å². The zero-order valence-corrected chi connectivity index (χ0v) is 12.5. The van der Waals surface area contributed by atoms with Gasteiger partial charge >= 0.3 is 0 Å². The van der Waals surface area contributed by atoms with Crippen molar-refractivity contribution < 1.29 is 8.42 Å². The molecule has 108 valence electrons. The number of anilines is 3. The lowest BCUT2D eigenvalue weighted by Gasteiger charge is -2.09. The molecule has 7 heteroatoms. The summed E-state index contributed by atoms with van der Waals surface area (Å²) in [5.41, 5.74) is 7.47. The van der Waals surface area contributed by atoms with Crippen LogP contribution in [-0.4, -0.2) is 8.42 Å². The highest BCUT2D eigenvalue weighted by Gasteiger charge is 2.12. The number of benzene rings is 2. The molecule has 0 bridgehead atoms. The van der Waals surface area contributed by atoms with Gasteiger partial charge in [-0.3, -0.25) is 0 Å². The van der Waals surface area contributed by atoms with Gasteiger partial charge in [0.1, 0.15) is 4.90 Å². The quantitative estimate of drug-likeness (QED) is 0.646. The third-order valence-electron chi connectivity index (χ3n) is 3.06. The highest BCUT2D eigenvalue weighted by molar-refractivity contribution is 7.89. The molecular formula is C14H13N3O2S2. The summed E-state index contributed by atoms with van der Waals surface area (Å²) in [5, 5.41) is 11.5. The topological polar surface area (TPSA) is 98.2 Å². The highest BCUT2D eigenvalue weighted by Crippen LogP contribution is 2.28. The second kappa shape index (κ2) is 5.03. The number of hydrogen-bond acceptors (Lipinski definition) is 5. The normalized spacial score (nSPS) is 11.7. The van der Waals surface area contributed by atoms with Gasteiger partial charge in [0.05, 0.1) is 5.69 Å². The van der Waals surface area contributed by atoms with E-state index in [9.17, 15) is 8.42 Å². The van der Waals surface area contributed by atoms with Crippen LogP contribution < -0.4 is 16.2 Å². The summed E-state index contributed by atoms with van der Waals surface area (Å²) in [6, 6.07) is 12.6. The van der Waals surface area contributed by atoms with Crippen LogP contribution in [0.5, 0.6) is 0 Å². The van der Waals surface area contributed by atoms with Crippen LogP contribution in [0.1, 0.15) is 0 Å². The monoisotopic (exact) mass is 319 g/mol. The first-order chi connectivity index (χ1) is 9.93. The van der Waals surface area contributed by atoms with E-state index in [1.54, 1.807) is 23.5 Å². The first-order valence-electron chi connectivity index (χ1n) is 6.10. The van der Waals surface area contributed by atoms with Gasteiger partial charge in [-0.15, -0.1) is 11.3 Å². The predicted octanol–water partition coefficient (Wildman–Crippen LogP) is 2.87. The molecule has 2 aromatic carbocycles. The molecule has 0 amide bonds. The lowest BCUT2D eigenvalue weighted by atomic mass is 10.2. The molecule has 0 atom stereocenters. The molecule has 3 rings (SSSR count). The van der Waals surface area contributed by atoms with Gasteiger partial charge in [0, 0.05) is 16.1 Å². The number of hydrogen-bond donors (Lipinski definition) is 3. The number of nitrogen functional groups attached to an aromatic ring is 1. The van der Waals surface area contributed by atoms with Crippen molar-refractivity contribution in [2.75, 3.05) is 11.1 Å². The standard InChI is InChI=1S/C14H13N3O2S2/c15-12-8-11(2-4-14(12)21(16,18)19)17-10-1-3-13-9(7-10)5-6-20-13/h1-8,17H,15H2,(H2,16,18,19). The van der Waals surface area contributed by atoms with Gasteiger partial charge in [0.2, 0.25) is 10.0 Å². The van der Waals surface area contributed by atoms with Crippen molar-refractivity contribution >= 4 is 48.5 Å². The molecule has 1 aromatic heterocycles. The molecule has 0 aliphatic carbocycles. The van der Waals surface area contributed by atoms with Gasteiger partial charge in [0.15, 0.2) is 0 Å². The molecule has 5 N–H and O–H groups in total. The van der Waals surface area contributed by atoms with Crippen molar-refractivity contribution in [3.05, 3.63) is 47.8 Å². The number of rotatable bonds is 3. The summed E-state index contributed by atoms with van der Waals surface area (Å²) in [4.78, 5) is -0.0682. The van der Waals surface area contributed by atoms with Crippen LogP contribution in [0.2, 0.25) is 0 Å². The van der Waals surface area contributed by atoms with Gasteiger partial charge in [-0.05, 0) is 53.2 Å². The molecule has 21 heavy (non-hydrogen) atoms. The van der Waals surface area contributed by atoms with E-state index < -0.39 is 10.0 Å². The molecule has 0 unspecified atom stereocenters. The van der Waals surface area contributed by atoms with E-state index in [1.807, 2.05) is 29.6 Å². The summed E-state index contributed by atoms with van der Waals surface area (Å²) in [6.07, 6.45) is 0. The van der Waals surface area contributed by atoms with E-state index in [0.29, 0.717) is 5.69 Å². The molecule has 0 fully saturated rings. The molecule has 0 saturated heterocycles. The Hall–Kier alpha value is -2.09. The van der Waals surface area contributed by atoms with Crippen molar-refractivity contribution in [1.82, 2.24) is 0 Å². The lowest BCUT2D eigenvalue weighted by molar-refractivity contribution is 0.598. The Morgan fingerprint density at radius 2 is 1.71 bits per heavy atom. The van der Waals surface area contributed by atoms with Crippen LogP contribution in [0.25, 0.3) is 10.1 Å². The van der Waals surface area contributed by atoms with Gasteiger partial charge < -0.3 is 11.1 Å². The van der Waals surface area contributed by atoms with E-state index >= 15 is 0 Å². The number of primary sulfonamides is 1. The molecule has 5 nitrogen and oxygen atoms in total. The van der Waals surface area contributed by atoms with Crippen LogP contribution in [0.3, 0.4) is 0 Å². The van der Waals surface area contributed by atoms with Crippen molar-refractivity contribution in [3.63, 3.8) is 0 Å². The Balaban J connectivity index is 1.92. The molecule has 0 aliphatic heterocycles. The number of thiophene rings is 1. The van der Waals surface area contributed by atoms with Gasteiger partial charge in [-0.1, -0.05) is 0 Å². The van der Waals surface area contributed by atoms with Crippen LogP contribution in [0, 0.1) is 0 Å². The first-order valence-corrected chi connectivity index (χ1v) is 8.53. The summed E-state index contributed by atoms with van der Waals surface area (Å²) in [6.45, 7) is 0. The molecule has 0 saturated carbocycles. The van der Waals surface area contributed by atoms with Gasteiger partial charge in [0.25, 0.3) is 0 Å². The maximum atomic E-state index is 11.3. The van der Waals surface area contributed by atoms with Crippen LogP contribution >= 0.6 is 11.3 Å². The minimum atomic E-state index is -3.80. The van der Waals surface area contributed by atoms with Gasteiger partial charge in [-0.25, -0.2) is 13.6 Å². The average Bonchev–Trinajstić information content (AvgIpc) is 2.84. The number of nitrogens with one attached hydrogen (secondary N) is 1. The summed E-state index contributed by atoms with van der Waals surface area (Å²) in [5.74, 6) is 0. The van der Waals surface area contributed by atoms with Crippen molar-refractivity contribution in [2.24, 2.45) is 5.14 Å². The molecule has 0 spiro atoms. The summed E-state index contributed by atoms with van der Waals surface area (Å²) < 4.78 is 23.9. The van der Waals surface area contributed by atoms with E-state index in [0.717, 1.165) is 11.1 Å². The van der Waals surface area contributed by atoms with Gasteiger partial charge in [-0.2, -0.15) is 0 Å². The van der Waals surface area contributed by atoms with E-state index in [1.165, 1.54) is 10.8 Å². The van der Waals surface area contributed by atoms with Crippen molar-refractivity contribution in [1.29, 1.82) is 0 Å². The fourth-order valence-corrected chi connectivity index (χ4v) is 3.51. The largest absolute Gasteiger partial charge is 0.398 e. The minimum Gasteiger partial charge on any atom is -0.398 e. The van der Waals surface area contributed by atoms with Crippen LogP contribution in [-0.2, 0) is 10.0 Å². The Morgan fingerprint density at radius 1 is 1.00 bits per heavy atom. The fourth-order valence-electron chi connectivity index (χ4n) is 2.10. The van der Waals surface area contributed by atoms with E-state index in [2.05, 4.69) is 5.32 Å². The smallest absolute Gasteiger partial charge is 0.240 e. The molecule has 3 aromatic rings. The zero-order valence-electron chi connectivity index (χ0n) is 10.9. The lowest BCUT2D eigenvalue weighted by Crippen LogP contribution is -2.14. The van der Waals surface area contributed by atoms with Crippen LogP contribution in [0.15, 0.2) is 52.7 Å². The van der Waals surface area contributed by atoms with Crippen LogP contribution in [0.4, 0.5) is 17.1 Å². The Bertz CT molecular complexity index is 917. The maximum absolute atomic E-state index is 11.3. The molecule has 1 heterocycles. The molecule has 0 aliphatic rings. The predicted molar refractivity (Wildman–Crippen MR) is 87.3 cm³/mol. The second-order valence-electron chi connectivity index (χ2n) is 4.60. The third-order valence-corrected chi connectivity index (χ3v) is 4.94. The highest BCUT2D eigenvalue weighted by atomic mass is 32.2. The molecular weight excluding hydrogens is 306 g/mol. The maximum Gasteiger partial charge on any atom is 0.240 e. The zero-order chi connectivity index (χ0) is 15.0. The Labute approximate surface area is 126 Å². The minimum absolute atomic E-state index is 0.0682. The fraction of sp³-hybridized carbons (Fsp3) is 0. The summed E-state index contributed by atoms with van der Waals surface area (Å²) >= 11 is 1.68. The number of nitrogens with two attached hydrogens (primary N) is 2. The number of sulfonamides is 1. The molecule has 0 radical (unpaired) electrons. The Morgan fingerprint density at radius 3 is 2.43 bits per heavy atom. The van der Waals surface area contributed by atoms with E-state index in [4.69, 9.17) is 10.9 Å². The van der Waals surface area contributed by atoms with E-state index in [-0.39, 0.29) is 10.6 Å². The Kier molecular flexibility index (Phi) is 3.32. The second-order valence-corrected chi connectivity index (χ2v) is 7.07. The third kappa shape index (κ3) is 2.85. The van der Waals surface area contributed by atoms with Crippen molar-refractivity contribution in [2.45, 2.75) is 4.90 Å². The SMILES string of the molecule is Nc1cc(Nc2ccc3sccc3c2)ccc1S(N)(=O)=O. The summed E-state index contributed by atoms with van der Waals surface area (Å²) in [7, 11) is -3.80. The first kappa shape index (κ1) is 13.9. The number of fused-ring (bicyclic) bond motifs is 1.